The van der Waals surface area contributed by atoms with Crippen LogP contribution in [0.1, 0.15) is 24.3 Å². The number of alkyl halides is 3. The summed E-state index contributed by atoms with van der Waals surface area (Å²) in [5.41, 5.74) is 5.06. The lowest BCUT2D eigenvalue weighted by molar-refractivity contribution is -0.137. The molecule has 2 N–H and O–H groups in total. The van der Waals surface area contributed by atoms with E-state index in [-0.39, 0.29) is 17.6 Å². The standard InChI is InChI=1S/C16H17F3N4O2/c17-16(18,19)12-5-3-10(4-6-12)15-21-13(25-22-15)9-23-7-1-2-11(8-23)14(20)24/h3-6,11H,1-2,7-9H2,(H2,20,24)/t11-/m0/s1. The number of piperidine rings is 1. The minimum Gasteiger partial charge on any atom is -0.369 e. The summed E-state index contributed by atoms with van der Waals surface area (Å²) < 4.78 is 42.9. The van der Waals surface area contributed by atoms with Gasteiger partial charge in [0.1, 0.15) is 0 Å². The summed E-state index contributed by atoms with van der Waals surface area (Å²) in [6, 6.07) is 4.57. The third-order valence-corrected chi connectivity index (χ3v) is 4.21. The fourth-order valence-electron chi connectivity index (χ4n) is 2.87. The van der Waals surface area contributed by atoms with Crippen LogP contribution < -0.4 is 5.73 Å². The number of carbonyl (C=O) groups is 1. The maximum Gasteiger partial charge on any atom is 0.416 e. The van der Waals surface area contributed by atoms with Crippen LogP contribution >= 0.6 is 0 Å². The molecule has 2 heterocycles. The van der Waals surface area contributed by atoms with E-state index in [0.29, 0.717) is 24.5 Å². The van der Waals surface area contributed by atoms with Gasteiger partial charge in [-0.05, 0) is 31.5 Å². The molecule has 0 unspecified atom stereocenters. The molecule has 1 aromatic heterocycles. The van der Waals surface area contributed by atoms with Gasteiger partial charge >= 0.3 is 6.18 Å². The Bertz CT molecular complexity index is 743. The molecule has 6 nitrogen and oxygen atoms in total. The van der Waals surface area contributed by atoms with Crippen molar-refractivity contribution in [1.29, 1.82) is 0 Å². The molecule has 3 rings (SSSR count). The summed E-state index contributed by atoms with van der Waals surface area (Å²) in [6.45, 7) is 1.70. The molecule has 134 valence electrons. The van der Waals surface area contributed by atoms with E-state index in [9.17, 15) is 18.0 Å². The highest BCUT2D eigenvalue weighted by Gasteiger charge is 2.30. The summed E-state index contributed by atoms with van der Waals surface area (Å²) in [5, 5.41) is 3.81. The van der Waals surface area contributed by atoms with Crippen molar-refractivity contribution in [2.45, 2.75) is 25.6 Å². The van der Waals surface area contributed by atoms with Crippen molar-refractivity contribution in [2.75, 3.05) is 13.1 Å². The monoisotopic (exact) mass is 354 g/mol. The van der Waals surface area contributed by atoms with Crippen LogP contribution in [-0.4, -0.2) is 34.0 Å². The molecule has 1 aliphatic heterocycles. The van der Waals surface area contributed by atoms with E-state index in [1.807, 2.05) is 4.90 Å². The summed E-state index contributed by atoms with van der Waals surface area (Å²) in [6.07, 6.45) is -2.76. The molecular formula is C16H17F3N4O2. The Hall–Kier alpha value is -2.42. The Balaban J connectivity index is 1.67. The third kappa shape index (κ3) is 4.16. The summed E-state index contributed by atoms with van der Waals surface area (Å²) in [4.78, 5) is 17.5. The average molecular weight is 354 g/mol. The number of carbonyl (C=O) groups excluding carboxylic acids is 1. The number of likely N-dealkylation sites (tertiary alicyclic amines) is 1. The zero-order chi connectivity index (χ0) is 18.0. The maximum atomic E-state index is 12.6. The van der Waals surface area contributed by atoms with Gasteiger partial charge in [-0.3, -0.25) is 9.69 Å². The second-order valence-corrected chi connectivity index (χ2v) is 6.06. The Morgan fingerprint density at radius 3 is 2.68 bits per heavy atom. The second kappa shape index (κ2) is 6.83. The first-order valence-electron chi connectivity index (χ1n) is 7.85. The Kier molecular flexibility index (Phi) is 4.76. The minimum absolute atomic E-state index is 0.189. The van der Waals surface area contributed by atoms with E-state index in [1.54, 1.807) is 0 Å². The van der Waals surface area contributed by atoms with Crippen LogP contribution in [0.2, 0.25) is 0 Å². The van der Waals surface area contributed by atoms with Gasteiger partial charge in [-0.25, -0.2) is 0 Å². The van der Waals surface area contributed by atoms with E-state index in [0.717, 1.165) is 31.5 Å². The van der Waals surface area contributed by atoms with E-state index in [1.165, 1.54) is 12.1 Å². The second-order valence-electron chi connectivity index (χ2n) is 6.06. The number of primary amides is 1. The molecule has 2 aromatic rings. The van der Waals surface area contributed by atoms with Crippen LogP contribution in [0.5, 0.6) is 0 Å². The normalized spacial score (nSPS) is 19.1. The molecule has 0 aliphatic carbocycles. The predicted molar refractivity (Wildman–Crippen MR) is 81.9 cm³/mol. The summed E-state index contributed by atoms with van der Waals surface area (Å²) >= 11 is 0. The van der Waals surface area contributed by atoms with Gasteiger partial charge in [-0.2, -0.15) is 18.2 Å². The average Bonchev–Trinajstić information content (AvgIpc) is 3.03. The van der Waals surface area contributed by atoms with Crippen molar-refractivity contribution < 1.29 is 22.5 Å². The first-order valence-corrected chi connectivity index (χ1v) is 7.85. The molecular weight excluding hydrogens is 337 g/mol. The lowest BCUT2D eigenvalue weighted by Gasteiger charge is -2.29. The number of nitrogens with zero attached hydrogens (tertiary/aromatic N) is 3. The van der Waals surface area contributed by atoms with Gasteiger partial charge in [0, 0.05) is 12.1 Å². The van der Waals surface area contributed by atoms with Crippen molar-refractivity contribution in [3.8, 4) is 11.4 Å². The first kappa shape index (κ1) is 17.4. The van der Waals surface area contributed by atoms with E-state index < -0.39 is 11.7 Å². The third-order valence-electron chi connectivity index (χ3n) is 4.21. The quantitative estimate of drug-likeness (QED) is 0.912. The number of hydrogen-bond acceptors (Lipinski definition) is 5. The Morgan fingerprint density at radius 1 is 1.32 bits per heavy atom. The van der Waals surface area contributed by atoms with Gasteiger partial charge in [0.2, 0.25) is 17.6 Å². The minimum atomic E-state index is -4.38. The van der Waals surface area contributed by atoms with Gasteiger partial charge < -0.3 is 10.3 Å². The van der Waals surface area contributed by atoms with Crippen molar-refractivity contribution in [2.24, 2.45) is 11.7 Å². The van der Waals surface area contributed by atoms with Gasteiger partial charge in [-0.1, -0.05) is 17.3 Å². The molecule has 0 radical (unpaired) electrons. The SMILES string of the molecule is NC(=O)[C@H]1CCCN(Cc2nc(-c3ccc(C(F)(F)F)cc3)no2)C1. The molecule has 1 aromatic carbocycles. The molecule has 25 heavy (non-hydrogen) atoms. The molecule has 0 bridgehead atoms. The molecule has 1 amide bonds. The van der Waals surface area contributed by atoms with Gasteiger partial charge in [-0.15, -0.1) is 0 Å². The topological polar surface area (TPSA) is 85.3 Å². The Labute approximate surface area is 141 Å². The van der Waals surface area contributed by atoms with Crippen LogP contribution in [0.3, 0.4) is 0 Å². The van der Waals surface area contributed by atoms with Crippen molar-refractivity contribution in [1.82, 2.24) is 15.0 Å². The van der Waals surface area contributed by atoms with Crippen molar-refractivity contribution >= 4 is 5.91 Å². The molecule has 0 spiro atoms. The molecule has 9 heteroatoms. The number of nitrogens with two attached hydrogens (primary N) is 1. The highest BCUT2D eigenvalue weighted by molar-refractivity contribution is 5.76. The Morgan fingerprint density at radius 2 is 2.04 bits per heavy atom. The fraction of sp³-hybridized carbons (Fsp3) is 0.438. The number of amides is 1. The fourth-order valence-corrected chi connectivity index (χ4v) is 2.87. The maximum absolute atomic E-state index is 12.6. The van der Waals surface area contributed by atoms with Crippen LogP contribution in [0, 0.1) is 5.92 Å². The number of halogens is 3. The van der Waals surface area contributed by atoms with E-state index in [2.05, 4.69) is 10.1 Å². The lowest BCUT2D eigenvalue weighted by atomic mass is 9.97. The number of rotatable bonds is 4. The van der Waals surface area contributed by atoms with Crippen molar-refractivity contribution in [3.63, 3.8) is 0 Å². The number of benzene rings is 1. The van der Waals surface area contributed by atoms with Crippen LogP contribution in [0.25, 0.3) is 11.4 Å². The summed E-state index contributed by atoms with van der Waals surface area (Å²) in [7, 11) is 0. The van der Waals surface area contributed by atoms with E-state index in [4.69, 9.17) is 10.3 Å². The highest BCUT2D eigenvalue weighted by Crippen LogP contribution is 2.30. The smallest absolute Gasteiger partial charge is 0.369 e. The van der Waals surface area contributed by atoms with Gasteiger partial charge in [0.25, 0.3) is 0 Å². The predicted octanol–water partition coefficient (Wildman–Crippen LogP) is 2.45. The van der Waals surface area contributed by atoms with E-state index >= 15 is 0 Å². The van der Waals surface area contributed by atoms with Crippen LogP contribution in [0.15, 0.2) is 28.8 Å². The van der Waals surface area contributed by atoms with Crippen LogP contribution in [-0.2, 0) is 17.5 Å². The largest absolute Gasteiger partial charge is 0.416 e. The van der Waals surface area contributed by atoms with Gasteiger partial charge in [0.05, 0.1) is 18.0 Å². The molecule has 1 aliphatic rings. The molecule has 1 saturated heterocycles. The molecule has 1 fully saturated rings. The van der Waals surface area contributed by atoms with Crippen molar-refractivity contribution in [3.05, 3.63) is 35.7 Å². The zero-order valence-electron chi connectivity index (χ0n) is 13.3. The first-order chi connectivity index (χ1) is 11.8. The van der Waals surface area contributed by atoms with Crippen LogP contribution in [0.4, 0.5) is 13.2 Å². The van der Waals surface area contributed by atoms with Gasteiger partial charge in [0.15, 0.2) is 0 Å². The summed E-state index contributed by atoms with van der Waals surface area (Å²) in [5.74, 6) is 0.0685. The highest BCUT2D eigenvalue weighted by atomic mass is 19.4. The molecule has 0 saturated carbocycles. The lowest BCUT2D eigenvalue weighted by Crippen LogP contribution is -2.40. The number of hydrogen-bond donors (Lipinski definition) is 1. The molecule has 1 atom stereocenters. The zero-order valence-corrected chi connectivity index (χ0v) is 13.3. The number of aromatic nitrogens is 2.